The van der Waals surface area contributed by atoms with Crippen molar-refractivity contribution >= 4 is 32.3 Å². The van der Waals surface area contributed by atoms with Gasteiger partial charge in [-0.1, -0.05) is 92.1 Å². The van der Waals surface area contributed by atoms with Crippen LogP contribution in [0, 0.1) is 5.92 Å². The predicted molar refractivity (Wildman–Crippen MR) is 145 cm³/mol. The van der Waals surface area contributed by atoms with E-state index in [1.807, 2.05) is 30.6 Å². The van der Waals surface area contributed by atoms with Crippen LogP contribution in [-0.2, 0) is 6.42 Å². The fourth-order valence-electron chi connectivity index (χ4n) is 6.50. The van der Waals surface area contributed by atoms with Crippen LogP contribution in [0.3, 0.4) is 0 Å². The summed E-state index contributed by atoms with van der Waals surface area (Å²) in [6, 6.07) is 28.6. The molecule has 0 radical (unpaired) electrons. The summed E-state index contributed by atoms with van der Waals surface area (Å²) in [6.45, 7) is 0. The highest BCUT2D eigenvalue weighted by atomic mass is 14.6. The molecule has 1 saturated carbocycles. The zero-order valence-corrected chi connectivity index (χ0v) is 19.9. The fourth-order valence-corrected chi connectivity index (χ4v) is 6.50. The quantitative estimate of drug-likeness (QED) is 0.235. The van der Waals surface area contributed by atoms with Gasteiger partial charge in [0, 0.05) is 12.4 Å². The zero-order valence-electron chi connectivity index (χ0n) is 19.9. The Kier molecular flexibility index (Phi) is 6.02. The monoisotopic (exact) mass is 443 g/mol. The Balaban J connectivity index is 0.000000182. The summed E-state index contributed by atoms with van der Waals surface area (Å²) in [5.74, 6) is 1.76. The SMILES string of the molecule is c1ccc2c(c1)ccc1c3c(ccc12)C(C1CCCCC1)CCC3.c1ccc2cnccc2c1. The third kappa shape index (κ3) is 4.09. The first-order chi connectivity index (χ1) is 16.9. The van der Waals surface area contributed by atoms with Crippen LogP contribution in [-0.4, -0.2) is 4.98 Å². The number of rotatable bonds is 1. The van der Waals surface area contributed by atoms with E-state index >= 15 is 0 Å². The number of hydrogen-bond donors (Lipinski definition) is 0. The van der Waals surface area contributed by atoms with Gasteiger partial charge in [0.25, 0.3) is 0 Å². The lowest BCUT2D eigenvalue weighted by molar-refractivity contribution is 0.284. The van der Waals surface area contributed by atoms with Gasteiger partial charge in [-0.15, -0.1) is 0 Å². The van der Waals surface area contributed by atoms with Gasteiger partial charge in [0.05, 0.1) is 0 Å². The van der Waals surface area contributed by atoms with Crippen LogP contribution in [0.5, 0.6) is 0 Å². The highest BCUT2D eigenvalue weighted by Crippen LogP contribution is 2.45. The van der Waals surface area contributed by atoms with Crippen LogP contribution < -0.4 is 0 Å². The maximum absolute atomic E-state index is 4.01. The Morgan fingerprint density at radius 2 is 1.32 bits per heavy atom. The third-order valence-corrected chi connectivity index (χ3v) is 8.18. The molecule has 1 aromatic heterocycles. The van der Waals surface area contributed by atoms with Gasteiger partial charge in [-0.3, -0.25) is 4.98 Å². The zero-order chi connectivity index (χ0) is 22.7. The van der Waals surface area contributed by atoms with Gasteiger partial charge in [0.1, 0.15) is 0 Å². The number of fused-ring (bicyclic) bond motifs is 6. The molecule has 0 N–H and O–H groups in total. The third-order valence-electron chi connectivity index (χ3n) is 8.18. The summed E-state index contributed by atoms with van der Waals surface area (Å²) >= 11 is 0. The molecule has 1 heterocycles. The Labute approximate surface area is 202 Å². The van der Waals surface area contributed by atoms with Crippen molar-refractivity contribution in [3.8, 4) is 0 Å². The van der Waals surface area contributed by atoms with E-state index in [0.717, 1.165) is 11.8 Å². The minimum atomic E-state index is 0.824. The normalized spacial score (nSPS) is 18.4. The van der Waals surface area contributed by atoms with E-state index in [-0.39, 0.29) is 0 Å². The van der Waals surface area contributed by atoms with Crippen molar-refractivity contribution in [2.24, 2.45) is 5.92 Å². The average Bonchev–Trinajstić information content (AvgIpc) is 2.93. The standard InChI is InChI=1S/C24H26.C9H7N/c1-2-7-17(8-3-1)20-11-6-12-21-22(20)15-16-23-19-10-5-4-9-18(19)13-14-24(21)23;1-2-4-9-7-10-6-5-8(9)3-1/h4-5,9-10,13-17,20H,1-3,6-8,11-12H2;1-7H. The summed E-state index contributed by atoms with van der Waals surface area (Å²) in [5.41, 5.74) is 3.36. The molecule has 0 aliphatic heterocycles. The van der Waals surface area contributed by atoms with Crippen molar-refractivity contribution in [2.45, 2.75) is 57.3 Å². The van der Waals surface area contributed by atoms with Crippen LogP contribution in [0.4, 0.5) is 0 Å². The van der Waals surface area contributed by atoms with E-state index in [0.29, 0.717) is 0 Å². The van der Waals surface area contributed by atoms with Crippen LogP contribution >= 0.6 is 0 Å². The number of aromatic nitrogens is 1. The van der Waals surface area contributed by atoms with E-state index < -0.39 is 0 Å². The second-order valence-corrected chi connectivity index (χ2v) is 10.1. The molecule has 2 aliphatic carbocycles. The summed E-state index contributed by atoms with van der Waals surface area (Å²) in [7, 11) is 0. The Bertz CT molecular complexity index is 1360. The van der Waals surface area contributed by atoms with Gasteiger partial charge in [-0.25, -0.2) is 0 Å². The van der Waals surface area contributed by atoms with Gasteiger partial charge in [-0.05, 0) is 93.5 Å². The largest absolute Gasteiger partial charge is 0.264 e. The number of aryl methyl sites for hydroxylation is 1. The minimum absolute atomic E-state index is 0.824. The fraction of sp³-hybridized carbons (Fsp3) is 0.303. The number of hydrogen-bond acceptors (Lipinski definition) is 1. The van der Waals surface area contributed by atoms with Crippen LogP contribution in [0.1, 0.15) is 62.0 Å². The van der Waals surface area contributed by atoms with Gasteiger partial charge >= 0.3 is 0 Å². The Morgan fingerprint density at radius 3 is 2.18 bits per heavy atom. The molecule has 1 fully saturated rings. The number of pyridine rings is 1. The molecule has 1 unspecified atom stereocenters. The first-order valence-corrected chi connectivity index (χ1v) is 13.1. The van der Waals surface area contributed by atoms with Crippen molar-refractivity contribution in [2.75, 3.05) is 0 Å². The molecule has 4 aromatic carbocycles. The molecule has 5 aromatic rings. The van der Waals surface area contributed by atoms with Crippen LogP contribution in [0.15, 0.2) is 91.3 Å². The molecule has 0 bridgehead atoms. The van der Waals surface area contributed by atoms with Gasteiger partial charge in [0.15, 0.2) is 0 Å². The van der Waals surface area contributed by atoms with Gasteiger partial charge in [-0.2, -0.15) is 0 Å². The topological polar surface area (TPSA) is 12.9 Å². The van der Waals surface area contributed by atoms with Crippen molar-refractivity contribution < 1.29 is 0 Å². The lowest BCUT2D eigenvalue weighted by Crippen LogP contribution is -2.21. The van der Waals surface area contributed by atoms with Crippen molar-refractivity contribution in [3.63, 3.8) is 0 Å². The second-order valence-electron chi connectivity index (χ2n) is 10.1. The highest BCUT2D eigenvalue weighted by molar-refractivity contribution is 6.08. The Morgan fingerprint density at radius 1 is 0.559 bits per heavy atom. The van der Waals surface area contributed by atoms with E-state index in [1.165, 1.54) is 83.7 Å². The van der Waals surface area contributed by atoms with Crippen molar-refractivity contribution in [1.29, 1.82) is 0 Å². The lowest BCUT2D eigenvalue weighted by atomic mass is 9.70. The second kappa shape index (κ2) is 9.58. The van der Waals surface area contributed by atoms with E-state index in [2.05, 4.69) is 65.6 Å². The van der Waals surface area contributed by atoms with Crippen LogP contribution in [0.2, 0.25) is 0 Å². The molecule has 1 heteroatoms. The summed E-state index contributed by atoms with van der Waals surface area (Å²) in [4.78, 5) is 4.01. The summed E-state index contributed by atoms with van der Waals surface area (Å²) in [5, 5.41) is 8.20. The van der Waals surface area contributed by atoms with Crippen LogP contribution in [0.25, 0.3) is 32.3 Å². The first kappa shape index (κ1) is 21.4. The average molecular weight is 444 g/mol. The molecule has 34 heavy (non-hydrogen) atoms. The molecule has 0 spiro atoms. The van der Waals surface area contributed by atoms with E-state index in [1.54, 1.807) is 11.1 Å². The first-order valence-electron chi connectivity index (χ1n) is 13.1. The van der Waals surface area contributed by atoms with Crippen molar-refractivity contribution in [3.05, 3.63) is 102 Å². The van der Waals surface area contributed by atoms with E-state index in [9.17, 15) is 0 Å². The predicted octanol–water partition coefficient (Wildman–Crippen LogP) is 9.23. The summed E-state index contributed by atoms with van der Waals surface area (Å²) < 4.78 is 0. The maximum atomic E-state index is 4.01. The molecule has 0 saturated heterocycles. The Hall–Kier alpha value is -3.19. The van der Waals surface area contributed by atoms with Crippen molar-refractivity contribution in [1.82, 2.24) is 4.98 Å². The molecule has 7 rings (SSSR count). The van der Waals surface area contributed by atoms with Gasteiger partial charge < -0.3 is 0 Å². The molecule has 1 nitrogen and oxygen atoms in total. The van der Waals surface area contributed by atoms with E-state index in [4.69, 9.17) is 0 Å². The molecule has 0 amide bonds. The maximum Gasteiger partial charge on any atom is 0.0346 e. The van der Waals surface area contributed by atoms with Gasteiger partial charge in [0.2, 0.25) is 0 Å². The number of benzene rings is 4. The molecular formula is C33H33N. The minimum Gasteiger partial charge on any atom is -0.264 e. The lowest BCUT2D eigenvalue weighted by Gasteiger charge is -2.35. The summed E-state index contributed by atoms with van der Waals surface area (Å²) in [6.07, 6.45) is 15.0. The molecule has 2 aliphatic rings. The smallest absolute Gasteiger partial charge is 0.0346 e. The molecule has 1 atom stereocenters. The highest BCUT2D eigenvalue weighted by Gasteiger charge is 2.29. The number of nitrogens with zero attached hydrogens (tertiary/aromatic N) is 1. The molecule has 170 valence electrons. The molecular weight excluding hydrogens is 410 g/mol.